The zero-order valence-corrected chi connectivity index (χ0v) is 6.20. The van der Waals surface area contributed by atoms with Crippen LogP contribution in [0.1, 0.15) is 6.42 Å². The zero-order chi connectivity index (χ0) is 8.15. The first-order chi connectivity index (χ1) is 4.59. The highest BCUT2D eigenvalue weighted by atomic mass is 16.2. The largest absolute Gasteiger partial charge is 0.347 e. The van der Waals surface area contributed by atoms with Crippen molar-refractivity contribution in [1.82, 2.24) is 4.90 Å². The van der Waals surface area contributed by atoms with E-state index in [0.29, 0.717) is 6.29 Å². The second-order valence-corrected chi connectivity index (χ2v) is 2.24. The van der Waals surface area contributed by atoms with Crippen LogP contribution >= 0.6 is 0 Å². The number of hydrogen-bond donors (Lipinski definition) is 1. The minimum Gasteiger partial charge on any atom is -0.347 e. The van der Waals surface area contributed by atoms with Crippen molar-refractivity contribution >= 4 is 12.2 Å². The number of nitrogens with two attached hydrogens (primary N) is 1. The van der Waals surface area contributed by atoms with Crippen molar-refractivity contribution in [3.05, 3.63) is 0 Å². The fraction of sp³-hybridized carbons (Fsp3) is 0.667. The molecule has 0 bridgehead atoms. The molecule has 10 heavy (non-hydrogen) atoms. The Morgan fingerprint density at radius 3 is 2.50 bits per heavy atom. The third-order valence-electron chi connectivity index (χ3n) is 1.11. The van der Waals surface area contributed by atoms with Gasteiger partial charge in [-0.1, -0.05) is 0 Å². The number of nitrogens with zero attached hydrogens (tertiary/aromatic N) is 1. The van der Waals surface area contributed by atoms with E-state index in [4.69, 9.17) is 5.73 Å². The third kappa shape index (κ3) is 2.59. The van der Waals surface area contributed by atoms with Gasteiger partial charge in [-0.15, -0.1) is 0 Å². The van der Waals surface area contributed by atoms with Crippen molar-refractivity contribution in [3.63, 3.8) is 0 Å². The van der Waals surface area contributed by atoms with Crippen LogP contribution in [0.4, 0.5) is 0 Å². The molecule has 1 amide bonds. The molecular formula is C6H12N2O2. The Labute approximate surface area is 60.0 Å². The summed E-state index contributed by atoms with van der Waals surface area (Å²) in [6.07, 6.45) is 0.739. The highest BCUT2D eigenvalue weighted by Gasteiger charge is 2.13. The molecule has 58 valence electrons. The zero-order valence-electron chi connectivity index (χ0n) is 6.20. The van der Waals surface area contributed by atoms with Crippen LogP contribution in [0.3, 0.4) is 0 Å². The second kappa shape index (κ2) is 4.00. The van der Waals surface area contributed by atoms with Crippen LogP contribution in [0, 0.1) is 0 Å². The Bertz CT molecular complexity index is 134. The van der Waals surface area contributed by atoms with Crippen LogP contribution in [-0.2, 0) is 9.59 Å². The molecule has 0 rings (SSSR count). The summed E-state index contributed by atoms with van der Waals surface area (Å²) in [6.45, 7) is 0. The van der Waals surface area contributed by atoms with Crippen LogP contribution in [0.5, 0.6) is 0 Å². The molecule has 0 heterocycles. The molecule has 0 saturated carbocycles. The molecule has 0 aliphatic carbocycles. The summed E-state index contributed by atoms with van der Waals surface area (Å²) < 4.78 is 0. The summed E-state index contributed by atoms with van der Waals surface area (Å²) in [5, 5.41) is 0. The topological polar surface area (TPSA) is 63.4 Å². The molecule has 2 N–H and O–H groups in total. The normalized spacial score (nSPS) is 12.3. The molecule has 4 heteroatoms. The molecule has 0 spiro atoms. The van der Waals surface area contributed by atoms with Gasteiger partial charge in [0, 0.05) is 20.5 Å². The molecule has 0 aromatic carbocycles. The molecule has 0 aliphatic rings. The Hall–Kier alpha value is -0.900. The van der Waals surface area contributed by atoms with E-state index in [1.165, 1.54) is 4.90 Å². The van der Waals surface area contributed by atoms with Gasteiger partial charge in [0.1, 0.15) is 6.29 Å². The van der Waals surface area contributed by atoms with Gasteiger partial charge in [-0.05, 0) is 0 Å². The molecule has 1 unspecified atom stereocenters. The Kier molecular flexibility index (Phi) is 3.64. The summed E-state index contributed by atoms with van der Waals surface area (Å²) in [5.74, 6) is -0.216. The smallest absolute Gasteiger partial charge is 0.239 e. The summed E-state index contributed by atoms with van der Waals surface area (Å²) in [4.78, 5) is 22.1. The standard InChI is InChI=1S/C6H12N2O2/c1-8(2)6(10)5(7)3-4-9/h4-5H,3,7H2,1-2H3. The SMILES string of the molecule is CN(C)C(=O)C(N)CC=O. The predicted molar refractivity (Wildman–Crippen MR) is 37.4 cm³/mol. The number of carbonyl (C=O) groups is 2. The average Bonchev–Trinajstić information content (AvgIpc) is 1.87. The van der Waals surface area contributed by atoms with Gasteiger partial charge in [-0.25, -0.2) is 0 Å². The fourth-order valence-corrected chi connectivity index (χ4v) is 0.536. The first-order valence-electron chi connectivity index (χ1n) is 3.00. The van der Waals surface area contributed by atoms with Gasteiger partial charge < -0.3 is 15.4 Å². The number of carbonyl (C=O) groups excluding carboxylic acids is 2. The third-order valence-corrected chi connectivity index (χ3v) is 1.11. The quantitative estimate of drug-likeness (QED) is 0.516. The highest BCUT2D eigenvalue weighted by Crippen LogP contribution is 1.88. The van der Waals surface area contributed by atoms with Crippen molar-refractivity contribution < 1.29 is 9.59 Å². The minimum atomic E-state index is -0.674. The van der Waals surface area contributed by atoms with E-state index in [9.17, 15) is 9.59 Å². The van der Waals surface area contributed by atoms with Gasteiger partial charge in [0.25, 0.3) is 0 Å². The van der Waals surface area contributed by atoms with Crippen molar-refractivity contribution in [3.8, 4) is 0 Å². The van der Waals surface area contributed by atoms with Crippen molar-refractivity contribution in [2.75, 3.05) is 14.1 Å². The van der Waals surface area contributed by atoms with E-state index in [2.05, 4.69) is 0 Å². The lowest BCUT2D eigenvalue weighted by atomic mass is 10.2. The number of amides is 1. The van der Waals surface area contributed by atoms with Gasteiger partial charge >= 0.3 is 0 Å². The van der Waals surface area contributed by atoms with Crippen molar-refractivity contribution in [1.29, 1.82) is 0 Å². The number of hydrogen-bond acceptors (Lipinski definition) is 3. The first-order valence-corrected chi connectivity index (χ1v) is 3.00. The van der Waals surface area contributed by atoms with Crippen molar-refractivity contribution in [2.45, 2.75) is 12.5 Å². The number of likely N-dealkylation sites (N-methyl/N-ethyl adjacent to an activating group) is 1. The Balaban J connectivity index is 3.81. The highest BCUT2D eigenvalue weighted by molar-refractivity contribution is 5.83. The molecular weight excluding hydrogens is 132 g/mol. The monoisotopic (exact) mass is 144 g/mol. The van der Waals surface area contributed by atoms with Gasteiger partial charge in [0.15, 0.2) is 0 Å². The van der Waals surface area contributed by atoms with Crippen molar-refractivity contribution in [2.24, 2.45) is 5.73 Å². The molecule has 0 aromatic rings. The van der Waals surface area contributed by atoms with Crippen LogP contribution < -0.4 is 5.73 Å². The van der Waals surface area contributed by atoms with Crippen LogP contribution in [0.2, 0.25) is 0 Å². The predicted octanol–water partition coefficient (Wildman–Crippen LogP) is -1.01. The molecule has 0 fully saturated rings. The maximum absolute atomic E-state index is 10.9. The van der Waals surface area contributed by atoms with E-state index in [0.717, 1.165) is 0 Å². The van der Waals surface area contributed by atoms with Crippen LogP contribution in [-0.4, -0.2) is 37.2 Å². The second-order valence-electron chi connectivity index (χ2n) is 2.24. The van der Waals surface area contributed by atoms with Gasteiger partial charge in [0.2, 0.25) is 5.91 Å². The minimum absolute atomic E-state index is 0.0943. The van der Waals surface area contributed by atoms with Gasteiger partial charge in [-0.3, -0.25) is 4.79 Å². The summed E-state index contributed by atoms with van der Waals surface area (Å²) in [6, 6.07) is -0.674. The summed E-state index contributed by atoms with van der Waals surface area (Å²) >= 11 is 0. The lowest BCUT2D eigenvalue weighted by Gasteiger charge is -2.13. The number of rotatable bonds is 3. The van der Waals surface area contributed by atoms with E-state index in [-0.39, 0.29) is 12.3 Å². The van der Waals surface area contributed by atoms with E-state index >= 15 is 0 Å². The lowest BCUT2D eigenvalue weighted by molar-refractivity contribution is -0.131. The molecule has 1 atom stereocenters. The van der Waals surface area contributed by atoms with E-state index < -0.39 is 6.04 Å². The molecule has 4 nitrogen and oxygen atoms in total. The average molecular weight is 144 g/mol. The molecule has 0 aliphatic heterocycles. The van der Waals surface area contributed by atoms with Crippen LogP contribution in [0.15, 0.2) is 0 Å². The van der Waals surface area contributed by atoms with E-state index in [1.807, 2.05) is 0 Å². The molecule has 0 radical (unpaired) electrons. The van der Waals surface area contributed by atoms with E-state index in [1.54, 1.807) is 14.1 Å². The lowest BCUT2D eigenvalue weighted by Crippen LogP contribution is -2.39. The Morgan fingerprint density at radius 1 is 1.70 bits per heavy atom. The molecule has 0 saturated heterocycles. The summed E-state index contributed by atoms with van der Waals surface area (Å²) in [7, 11) is 3.21. The first kappa shape index (κ1) is 9.10. The summed E-state index contributed by atoms with van der Waals surface area (Å²) in [5.41, 5.74) is 5.31. The maximum Gasteiger partial charge on any atom is 0.239 e. The van der Waals surface area contributed by atoms with Gasteiger partial charge in [0.05, 0.1) is 6.04 Å². The Morgan fingerprint density at radius 2 is 2.20 bits per heavy atom. The fourth-order valence-electron chi connectivity index (χ4n) is 0.536. The number of aldehydes is 1. The van der Waals surface area contributed by atoms with Crippen LogP contribution in [0.25, 0.3) is 0 Å². The van der Waals surface area contributed by atoms with Gasteiger partial charge in [-0.2, -0.15) is 0 Å². The maximum atomic E-state index is 10.9. The molecule has 0 aromatic heterocycles.